The normalized spacial score (nSPS) is 14.6. The van der Waals surface area contributed by atoms with E-state index in [1.54, 1.807) is 24.5 Å². The zero-order valence-electron chi connectivity index (χ0n) is 18.4. The monoisotopic (exact) mass is 450 g/mol. The molecule has 5 aromatic rings. The summed E-state index contributed by atoms with van der Waals surface area (Å²) in [5, 5.41) is 9.73. The molecule has 0 saturated heterocycles. The van der Waals surface area contributed by atoms with Crippen LogP contribution < -0.4 is 0 Å². The van der Waals surface area contributed by atoms with Gasteiger partial charge in [-0.05, 0) is 25.0 Å². The molecule has 0 radical (unpaired) electrons. The van der Waals surface area contributed by atoms with E-state index in [2.05, 4.69) is 19.5 Å². The molecule has 8 nitrogen and oxygen atoms in total. The van der Waals surface area contributed by atoms with Gasteiger partial charge in [0.1, 0.15) is 16.7 Å². The number of imidazole rings is 1. The molecule has 0 spiro atoms. The van der Waals surface area contributed by atoms with Crippen LogP contribution in [-0.4, -0.2) is 40.6 Å². The molecular formula is C26H22N6O2. The Kier molecular flexibility index (Phi) is 4.98. The van der Waals surface area contributed by atoms with E-state index in [-0.39, 0.29) is 11.6 Å². The van der Waals surface area contributed by atoms with Gasteiger partial charge >= 0.3 is 5.97 Å². The fourth-order valence-corrected chi connectivity index (χ4v) is 4.83. The summed E-state index contributed by atoms with van der Waals surface area (Å²) in [7, 11) is 0. The molecule has 0 aliphatic heterocycles. The standard InChI is InChI=1S/C26H22N6O2/c33-26(34)18-12-7-13-21-22(18)30-25(32(21)17-10-5-2-6-11-17)20-15-28-24-19(29-20)14-27-23(31-24)16-8-3-1-4-9-16/h1,3-4,7-9,12-15,17H,2,5-6,10-11H2,(H,33,34). The third kappa shape index (κ3) is 3.48. The summed E-state index contributed by atoms with van der Waals surface area (Å²) in [6, 6.07) is 15.3. The molecule has 1 N–H and O–H groups in total. The molecule has 3 heterocycles. The van der Waals surface area contributed by atoms with Gasteiger partial charge in [0.25, 0.3) is 0 Å². The van der Waals surface area contributed by atoms with E-state index >= 15 is 0 Å². The van der Waals surface area contributed by atoms with E-state index in [1.807, 2.05) is 36.4 Å². The average molecular weight is 451 g/mol. The number of benzene rings is 2. The van der Waals surface area contributed by atoms with Crippen LogP contribution in [0.2, 0.25) is 0 Å². The van der Waals surface area contributed by atoms with Crippen LogP contribution in [-0.2, 0) is 0 Å². The molecule has 6 rings (SSSR count). The number of carbonyl (C=O) groups is 1. The highest BCUT2D eigenvalue weighted by Gasteiger charge is 2.25. The fourth-order valence-electron chi connectivity index (χ4n) is 4.83. The van der Waals surface area contributed by atoms with Crippen molar-refractivity contribution in [2.24, 2.45) is 0 Å². The summed E-state index contributed by atoms with van der Waals surface area (Å²) < 4.78 is 2.16. The van der Waals surface area contributed by atoms with Gasteiger partial charge in [0, 0.05) is 11.6 Å². The smallest absolute Gasteiger partial charge is 0.337 e. The molecule has 0 amide bonds. The van der Waals surface area contributed by atoms with Crippen molar-refractivity contribution in [2.75, 3.05) is 0 Å². The Hall–Kier alpha value is -4.20. The number of rotatable bonds is 4. The first-order valence-corrected chi connectivity index (χ1v) is 11.5. The Morgan fingerprint density at radius 3 is 2.50 bits per heavy atom. The highest BCUT2D eigenvalue weighted by atomic mass is 16.4. The second-order valence-corrected chi connectivity index (χ2v) is 8.60. The van der Waals surface area contributed by atoms with Crippen molar-refractivity contribution in [3.8, 4) is 22.9 Å². The second-order valence-electron chi connectivity index (χ2n) is 8.60. The van der Waals surface area contributed by atoms with Crippen LogP contribution in [0.5, 0.6) is 0 Å². The van der Waals surface area contributed by atoms with Gasteiger partial charge in [-0.15, -0.1) is 0 Å². The van der Waals surface area contributed by atoms with Crippen molar-refractivity contribution in [3.63, 3.8) is 0 Å². The summed E-state index contributed by atoms with van der Waals surface area (Å²) in [6.45, 7) is 0. The molecular weight excluding hydrogens is 428 g/mol. The zero-order valence-corrected chi connectivity index (χ0v) is 18.4. The maximum atomic E-state index is 11.9. The lowest BCUT2D eigenvalue weighted by Crippen LogP contribution is -2.14. The zero-order chi connectivity index (χ0) is 23.1. The molecule has 3 aromatic heterocycles. The third-order valence-corrected chi connectivity index (χ3v) is 6.45. The predicted octanol–water partition coefficient (Wildman–Crippen LogP) is 5.31. The highest BCUT2D eigenvalue weighted by molar-refractivity contribution is 6.02. The first-order chi connectivity index (χ1) is 16.7. The van der Waals surface area contributed by atoms with Gasteiger partial charge in [-0.3, -0.25) is 0 Å². The average Bonchev–Trinajstić information content (AvgIpc) is 3.29. The highest BCUT2D eigenvalue weighted by Crippen LogP contribution is 2.36. The van der Waals surface area contributed by atoms with E-state index in [1.165, 1.54) is 6.42 Å². The van der Waals surface area contributed by atoms with E-state index in [4.69, 9.17) is 9.97 Å². The van der Waals surface area contributed by atoms with Crippen LogP contribution >= 0.6 is 0 Å². The van der Waals surface area contributed by atoms with Gasteiger partial charge in [0.05, 0.1) is 23.5 Å². The number of para-hydroxylation sites is 1. The maximum Gasteiger partial charge on any atom is 0.337 e. The molecule has 2 aromatic carbocycles. The van der Waals surface area contributed by atoms with Gasteiger partial charge in [0.2, 0.25) is 0 Å². The Bertz CT molecular complexity index is 1520. The van der Waals surface area contributed by atoms with Crippen molar-refractivity contribution >= 4 is 28.2 Å². The number of fused-ring (bicyclic) bond motifs is 2. The molecule has 168 valence electrons. The quantitative estimate of drug-likeness (QED) is 0.395. The van der Waals surface area contributed by atoms with Crippen molar-refractivity contribution in [2.45, 2.75) is 38.1 Å². The number of nitrogens with zero attached hydrogens (tertiary/aromatic N) is 6. The van der Waals surface area contributed by atoms with Crippen molar-refractivity contribution in [3.05, 3.63) is 66.5 Å². The van der Waals surface area contributed by atoms with Gasteiger partial charge in [0.15, 0.2) is 17.3 Å². The van der Waals surface area contributed by atoms with Crippen molar-refractivity contribution < 1.29 is 9.90 Å². The number of carboxylic acids is 1. The predicted molar refractivity (Wildman–Crippen MR) is 128 cm³/mol. The summed E-state index contributed by atoms with van der Waals surface area (Å²) in [6.07, 6.45) is 8.91. The molecule has 1 aliphatic carbocycles. The molecule has 34 heavy (non-hydrogen) atoms. The lowest BCUT2D eigenvalue weighted by atomic mass is 9.95. The number of hydrogen-bond acceptors (Lipinski definition) is 6. The first kappa shape index (κ1) is 20.4. The largest absolute Gasteiger partial charge is 0.478 e. The van der Waals surface area contributed by atoms with Crippen molar-refractivity contribution in [1.82, 2.24) is 29.5 Å². The first-order valence-electron chi connectivity index (χ1n) is 11.5. The van der Waals surface area contributed by atoms with Crippen LogP contribution in [0, 0.1) is 0 Å². The molecule has 8 heteroatoms. The summed E-state index contributed by atoms with van der Waals surface area (Å²) in [5.74, 6) is 0.240. The fraction of sp³-hybridized carbons (Fsp3) is 0.231. The number of aromatic carboxylic acids is 1. The van der Waals surface area contributed by atoms with Crippen LogP contribution in [0.4, 0.5) is 0 Å². The SMILES string of the molecule is O=C(O)c1cccc2c1nc(-c1cnc3nc(-c4ccccc4)ncc3n1)n2C1CCCCC1. The lowest BCUT2D eigenvalue weighted by molar-refractivity contribution is 0.0699. The van der Waals surface area contributed by atoms with Crippen LogP contribution in [0.15, 0.2) is 60.9 Å². The summed E-state index contributed by atoms with van der Waals surface area (Å²) >= 11 is 0. The van der Waals surface area contributed by atoms with E-state index in [0.29, 0.717) is 34.0 Å². The number of carboxylic acid groups (broad SMARTS) is 1. The van der Waals surface area contributed by atoms with Crippen LogP contribution in [0.25, 0.3) is 45.1 Å². The van der Waals surface area contributed by atoms with Gasteiger partial charge in [-0.2, -0.15) is 0 Å². The number of hydrogen-bond donors (Lipinski definition) is 1. The van der Waals surface area contributed by atoms with Gasteiger partial charge in [-0.25, -0.2) is 29.7 Å². The molecule has 1 aliphatic rings. The Balaban J connectivity index is 1.51. The molecule has 0 bridgehead atoms. The Morgan fingerprint density at radius 1 is 0.882 bits per heavy atom. The molecule has 0 unspecified atom stereocenters. The van der Waals surface area contributed by atoms with E-state index in [0.717, 1.165) is 36.8 Å². The molecule has 0 atom stereocenters. The Morgan fingerprint density at radius 2 is 1.71 bits per heavy atom. The molecule has 1 saturated carbocycles. The summed E-state index contributed by atoms with van der Waals surface area (Å²) in [5.41, 5.74) is 4.06. The van der Waals surface area contributed by atoms with E-state index in [9.17, 15) is 9.90 Å². The molecule has 1 fully saturated rings. The minimum atomic E-state index is -0.989. The third-order valence-electron chi connectivity index (χ3n) is 6.45. The van der Waals surface area contributed by atoms with Crippen LogP contribution in [0.3, 0.4) is 0 Å². The number of aromatic nitrogens is 6. The summed E-state index contributed by atoms with van der Waals surface area (Å²) in [4.78, 5) is 35.1. The van der Waals surface area contributed by atoms with Crippen molar-refractivity contribution in [1.29, 1.82) is 0 Å². The lowest BCUT2D eigenvalue weighted by Gasteiger charge is -2.25. The minimum Gasteiger partial charge on any atom is -0.478 e. The van der Waals surface area contributed by atoms with Gasteiger partial charge in [-0.1, -0.05) is 55.7 Å². The van der Waals surface area contributed by atoms with E-state index < -0.39 is 5.97 Å². The van der Waals surface area contributed by atoms with Gasteiger partial charge < -0.3 is 9.67 Å². The topological polar surface area (TPSA) is 107 Å². The minimum absolute atomic E-state index is 0.192. The Labute approximate surface area is 195 Å². The maximum absolute atomic E-state index is 11.9. The van der Waals surface area contributed by atoms with Crippen LogP contribution in [0.1, 0.15) is 48.5 Å². The second kappa shape index (κ2) is 8.30.